The van der Waals surface area contributed by atoms with E-state index in [9.17, 15) is 4.79 Å². The summed E-state index contributed by atoms with van der Waals surface area (Å²) in [6.45, 7) is 2.38. The number of carbonyl (C=O) groups is 1. The van der Waals surface area contributed by atoms with Gasteiger partial charge in [0.15, 0.2) is 12.3 Å². The number of furan rings is 1. The van der Waals surface area contributed by atoms with Gasteiger partial charge in [-0.1, -0.05) is 18.2 Å². The fraction of sp³-hybridized carbons (Fsp3) is 0.214. The fourth-order valence-electron chi connectivity index (χ4n) is 1.68. The third-order valence-electron chi connectivity index (χ3n) is 2.71. The molecule has 0 spiro atoms. The summed E-state index contributed by atoms with van der Waals surface area (Å²) in [6.07, 6.45) is 1.64. The molecule has 0 aliphatic heterocycles. The Morgan fingerprint density at radius 1 is 1.28 bits per heavy atom. The fourth-order valence-corrected chi connectivity index (χ4v) is 1.68. The van der Waals surface area contributed by atoms with Crippen LogP contribution in [0.3, 0.4) is 0 Å². The van der Waals surface area contributed by atoms with Gasteiger partial charge in [0.2, 0.25) is 0 Å². The first-order valence-corrected chi connectivity index (χ1v) is 5.97. The maximum atomic E-state index is 11.7. The molecule has 94 valence electrons. The standard InChI is InChI=1S/C14H16N2O2/c1-11(13-8-5-9-18-13)15-10-14(17)16-12-6-3-2-4-7-12/h2-9,11,15H,10H2,1H3,(H,16,17)/p+1/t11-/m1/s1. The third-order valence-corrected chi connectivity index (χ3v) is 2.71. The Morgan fingerprint density at radius 3 is 2.72 bits per heavy atom. The van der Waals surface area contributed by atoms with E-state index in [1.807, 2.05) is 54.7 Å². The van der Waals surface area contributed by atoms with E-state index in [-0.39, 0.29) is 11.9 Å². The van der Waals surface area contributed by atoms with E-state index < -0.39 is 0 Å². The van der Waals surface area contributed by atoms with E-state index in [2.05, 4.69) is 5.32 Å². The second-order valence-electron chi connectivity index (χ2n) is 4.16. The average Bonchev–Trinajstić information content (AvgIpc) is 2.91. The van der Waals surface area contributed by atoms with Crippen LogP contribution in [0.2, 0.25) is 0 Å². The average molecular weight is 245 g/mol. The summed E-state index contributed by atoms with van der Waals surface area (Å²) < 4.78 is 5.28. The lowest BCUT2D eigenvalue weighted by atomic mass is 10.2. The molecule has 0 radical (unpaired) electrons. The lowest BCUT2D eigenvalue weighted by molar-refractivity contribution is -0.684. The van der Waals surface area contributed by atoms with Crippen LogP contribution in [0, 0.1) is 0 Å². The monoisotopic (exact) mass is 245 g/mol. The minimum Gasteiger partial charge on any atom is -0.463 e. The quantitative estimate of drug-likeness (QED) is 0.839. The van der Waals surface area contributed by atoms with Crippen molar-refractivity contribution < 1.29 is 14.5 Å². The van der Waals surface area contributed by atoms with E-state index in [4.69, 9.17) is 4.42 Å². The molecule has 18 heavy (non-hydrogen) atoms. The Labute approximate surface area is 106 Å². The van der Waals surface area contributed by atoms with Crippen LogP contribution in [-0.4, -0.2) is 12.5 Å². The van der Waals surface area contributed by atoms with Crippen LogP contribution < -0.4 is 10.6 Å². The molecule has 0 aliphatic carbocycles. The van der Waals surface area contributed by atoms with E-state index in [1.165, 1.54) is 0 Å². The molecular formula is C14H17N2O2+. The van der Waals surface area contributed by atoms with E-state index in [0.717, 1.165) is 11.4 Å². The molecule has 0 fully saturated rings. The maximum absolute atomic E-state index is 11.7. The number of anilines is 1. The summed E-state index contributed by atoms with van der Waals surface area (Å²) in [6, 6.07) is 13.3. The van der Waals surface area contributed by atoms with Crippen molar-refractivity contribution in [1.29, 1.82) is 0 Å². The smallest absolute Gasteiger partial charge is 0.279 e. The van der Waals surface area contributed by atoms with E-state index in [0.29, 0.717) is 6.54 Å². The molecule has 3 N–H and O–H groups in total. The number of hydrogen-bond donors (Lipinski definition) is 2. The molecule has 1 heterocycles. The summed E-state index contributed by atoms with van der Waals surface area (Å²) in [7, 11) is 0. The van der Waals surface area contributed by atoms with E-state index in [1.54, 1.807) is 6.26 Å². The maximum Gasteiger partial charge on any atom is 0.279 e. The summed E-state index contributed by atoms with van der Waals surface area (Å²) >= 11 is 0. The van der Waals surface area contributed by atoms with Gasteiger partial charge in [0.25, 0.3) is 5.91 Å². The molecule has 0 saturated carbocycles. The van der Waals surface area contributed by atoms with Crippen molar-refractivity contribution in [2.45, 2.75) is 13.0 Å². The highest BCUT2D eigenvalue weighted by atomic mass is 16.3. The molecule has 0 aliphatic rings. The van der Waals surface area contributed by atoms with Gasteiger partial charge in [-0.05, 0) is 31.2 Å². The number of quaternary nitrogens is 1. The molecule has 0 bridgehead atoms. The van der Waals surface area contributed by atoms with Crippen LogP contribution in [0.25, 0.3) is 0 Å². The number of amides is 1. The van der Waals surface area contributed by atoms with Gasteiger partial charge in [0, 0.05) is 5.69 Å². The van der Waals surface area contributed by atoms with Crippen molar-refractivity contribution in [2.24, 2.45) is 0 Å². The number of nitrogens with two attached hydrogens (primary N) is 1. The third kappa shape index (κ3) is 3.46. The summed E-state index contributed by atoms with van der Waals surface area (Å²) in [5.41, 5.74) is 0.821. The second kappa shape index (κ2) is 6.02. The molecule has 1 aromatic heterocycles. The SMILES string of the molecule is C[C@@H]([NH2+]CC(=O)Nc1ccccc1)c1ccco1. The summed E-state index contributed by atoms with van der Waals surface area (Å²) in [5.74, 6) is 0.863. The van der Waals surface area contributed by atoms with Crippen molar-refractivity contribution in [3.05, 3.63) is 54.5 Å². The van der Waals surface area contributed by atoms with Gasteiger partial charge in [-0.25, -0.2) is 0 Å². The lowest BCUT2D eigenvalue weighted by Crippen LogP contribution is -2.86. The molecule has 2 rings (SSSR count). The Hall–Kier alpha value is -2.07. The molecule has 1 amide bonds. The number of benzene rings is 1. The van der Waals surface area contributed by atoms with Crippen LogP contribution >= 0.6 is 0 Å². The first-order chi connectivity index (χ1) is 8.75. The van der Waals surface area contributed by atoms with Gasteiger partial charge in [-0.2, -0.15) is 0 Å². The van der Waals surface area contributed by atoms with Crippen molar-refractivity contribution in [1.82, 2.24) is 0 Å². The number of carbonyl (C=O) groups excluding carboxylic acids is 1. The van der Waals surface area contributed by atoms with Crippen molar-refractivity contribution in [2.75, 3.05) is 11.9 Å². The van der Waals surface area contributed by atoms with Crippen LogP contribution in [0.5, 0.6) is 0 Å². The van der Waals surface area contributed by atoms with Gasteiger partial charge in [-0.15, -0.1) is 0 Å². The van der Waals surface area contributed by atoms with Crippen LogP contribution in [-0.2, 0) is 4.79 Å². The Kier molecular flexibility index (Phi) is 4.15. The van der Waals surface area contributed by atoms with Crippen LogP contribution in [0.4, 0.5) is 5.69 Å². The second-order valence-corrected chi connectivity index (χ2v) is 4.16. The van der Waals surface area contributed by atoms with E-state index >= 15 is 0 Å². The minimum absolute atomic E-state index is 0.0143. The molecular weight excluding hydrogens is 228 g/mol. The molecule has 2 aromatic rings. The lowest BCUT2D eigenvalue weighted by Gasteiger charge is -2.08. The number of rotatable bonds is 5. The van der Waals surface area contributed by atoms with Gasteiger partial charge in [0.1, 0.15) is 6.04 Å². The predicted octanol–water partition coefficient (Wildman–Crippen LogP) is 1.54. The highest BCUT2D eigenvalue weighted by Gasteiger charge is 2.13. The highest BCUT2D eigenvalue weighted by Crippen LogP contribution is 2.07. The van der Waals surface area contributed by atoms with Crippen LogP contribution in [0.1, 0.15) is 18.7 Å². The Balaban J connectivity index is 1.79. The topological polar surface area (TPSA) is 58.9 Å². The Morgan fingerprint density at radius 2 is 2.06 bits per heavy atom. The summed E-state index contributed by atoms with van der Waals surface area (Å²) in [5, 5.41) is 4.78. The highest BCUT2D eigenvalue weighted by molar-refractivity contribution is 5.91. The van der Waals surface area contributed by atoms with Gasteiger partial charge >= 0.3 is 0 Å². The van der Waals surface area contributed by atoms with Crippen LogP contribution in [0.15, 0.2) is 53.1 Å². The van der Waals surface area contributed by atoms with Gasteiger partial charge < -0.3 is 15.1 Å². The van der Waals surface area contributed by atoms with Crippen molar-refractivity contribution in [3.8, 4) is 0 Å². The van der Waals surface area contributed by atoms with Gasteiger partial charge in [-0.3, -0.25) is 4.79 Å². The molecule has 4 heteroatoms. The molecule has 1 atom stereocenters. The zero-order valence-corrected chi connectivity index (χ0v) is 10.3. The van der Waals surface area contributed by atoms with Crippen molar-refractivity contribution >= 4 is 11.6 Å². The first-order valence-electron chi connectivity index (χ1n) is 5.97. The zero-order valence-electron chi connectivity index (χ0n) is 10.3. The largest absolute Gasteiger partial charge is 0.463 e. The zero-order chi connectivity index (χ0) is 12.8. The first kappa shape index (κ1) is 12.4. The van der Waals surface area contributed by atoms with Crippen molar-refractivity contribution in [3.63, 3.8) is 0 Å². The number of hydrogen-bond acceptors (Lipinski definition) is 2. The molecule has 1 aromatic carbocycles. The molecule has 0 unspecified atom stereocenters. The van der Waals surface area contributed by atoms with Gasteiger partial charge in [0.05, 0.1) is 6.26 Å². The molecule has 4 nitrogen and oxygen atoms in total. The summed E-state index contributed by atoms with van der Waals surface area (Å²) in [4.78, 5) is 11.7. The number of nitrogens with one attached hydrogen (secondary N) is 1. The normalized spacial score (nSPS) is 12.1. The Bertz CT molecular complexity index is 480. The number of para-hydroxylation sites is 1. The predicted molar refractivity (Wildman–Crippen MR) is 69.0 cm³/mol. The molecule has 0 saturated heterocycles. The minimum atomic E-state index is -0.0143.